The molecule has 0 unspecified atom stereocenters. The van der Waals surface area contributed by atoms with Crippen molar-refractivity contribution in [3.05, 3.63) is 10.1 Å². The van der Waals surface area contributed by atoms with Crippen LogP contribution in [0.2, 0.25) is 0 Å². The number of hydrogen-bond donors (Lipinski definition) is 3. The Morgan fingerprint density at radius 3 is 1.82 bits per heavy atom. The lowest BCUT2D eigenvalue weighted by Crippen LogP contribution is -2.54. The van der Waals surface area contributed by atoms with Crippen LogP contribution in [-0.4, -0.2) is 40.2 Å². The van der Waals surface area contributed by atoms with Crippen LogP contribution in [0, 0.1) is 17.3 Å². The minimum Gasteiger partial charge on any atom is -0.481 e. The van der Waals surface area contributed by atoms with Crippen molar-refractivity contribution in [2.24, 2.45) is 17.3 Å². The Morgan fingerprint density at radius 1 is 1.00 bits per heavy atom. The molecule has 2 amide bonds. The number of carbonyl (C=O) groups is 3. The Balaban J connectivity index is 1.92. The van der Waals surface area contributed by atoms with Crippen LogP contribution in [-0.2, 0) is 14.4 Å². The quantitative estimate of drug-likeness (QED) is 0.318. The zero-order chi connectivity index (χ0) is 21.7. The van der Waals surface area contributed by atoms with Crippen LogP contribution in [0.4, 0.5) is 0 Å². The van der Waals surface area contributed by atoms with Crippen LogP contribution in [0.3, 0.4) is 0 Å². The highest BCUT2D eigenvalue weighted by molar-refractivity contribution is 9.25. The van der Waals surface area contributed by atoms with Crippen molar-refractivity contribution in [3.63, 3.8) is 0 Å². The number of hydrogen-bond acceptors (Lipinski definition) is 3. The highest BCUT2D eigenvalue weighted by Crippen LogP contribution is 2.76. The molecular formula is C14H10Br2Cl6N2O4. The molecule has 3 rings (SSSR count). The van der Waals surface area contributed by atoms with E-state index in [0.29, 0.717) is 6.42 Å². The van der Waals surface area contributed by atoms with E-state index in [1.165, 1.54) is 0 Å². The highest BCUT2D eigenvalue weighted by Gasteiger charge is 2.85. The first-order valence-electron chi connectivity index (χ1n) is 7.54. The van der Waals surface area contributed by atoms with E-state index >= 15 is 0 Å². The van der Waals surface area contributed by atoms with Crippen molar-refractivity contribution < 1.29 is 19.5 Å². The summed E-state index contributed by atoms with van der Waals surface area (Å²) >= 11 is 44.5. The molecule has 0 aromatic heterocycles. The van der Waals surface area contributed by atoms with E-state index in [2.05, 4.69) is 42.7 Å². The largest absolute Gasteiger partial charge is 0.481 e. The van der Waals surface area contributed by atoms with Gasteiger partial charge in [0.2, 0.25) is 11.8 Å². The van der Waals surface area contributed by atoms with Crippen molar-refractivity contribution in [2.75, 3.05) is 0 Å². The maximum absolute atomic E-state index is 12.9. The smallest absolute Gasteiger partial charge is 0.309 e. The third-order valence-electron chi connectivity index (χ3n) is 5.54. The molecule has 2 saturated carbocycles. The maximum Gasteiger partial charge on any atom is 0.309 e. The van der Waals surface area contributed by atoms with Crippen LogP contribution in [0.15, 0.2) is 10.1 Å². The summed E-state index contributed by atoms with van der Waals surface area (Å²) in [5, 5.41) is 9.02. The average molecular weight is 643 g/mol. The number of carboxylic acids is 1. The molecule has 2 fully saturated rings. The third-order valence-corrected chi connectivity index (χ3v) is 12.1. The van der Waals surface area contributed by atoms with Crippen molar-refractivity contribution in [3.8, 4) is 0 Å². The van der Waals surface area contributed by atoms with Gasteiger partial charge in [-0.1, -0.05) is 78.3 Å². The van der Waals surface area contributed by atoms with Crippen molar-refractivity contribution >= 4 is 119 Å². The summed E-state index contributed by atoms with van der Waals surface area (Å²) in [6.45, 7) is 1.66. The van der Waals surface area contributed by atoms with Crippen LogP contribution >= 0.6 is 101 Å². The van der Waals surface area contributed by atoms with Crippen LogP contribution in [0.1, 0.15) is 13.3 Å². The monoisotopic (exact) mass is 638 g/mol. The number of amides is 2. The lowest BCUT2D eigenvalue weighted by Gasteiger charge is -2.33. The molecule has 3 aliphatic carbocycles. The molecule has 2 bridgehead atoms. The first-order valence-corrected chi connectivity index (χ1v) is 11.4. The standard InChI is InChI=1S/C14H10Br2Cl6N2O4/c1-10(2-11(10,15)16)9(28)24-23-7(25)3-4(8(26)27)13(20)6(18)5(17)12(3,19)14(13,21)22/h3-4H,2H2,1H3,(H,23,25)(H,24,28)(H,26,27)/t3-,4+,10+,12-,13-/m1/s1. The molecule has 0 spiro atoms. The Kier molecular flexibility index (Phi) is 5.60. The second-order valence-corrected chi connectivity index (χ2v) is 14.1. The molecule has 0 saturated heterocycles. The van der Waals surface area contributed by atoms with E-state index in [1.54, 1.807) is 6.92 Å². The summed E-state index contributed by atoms with van der Waals surface area (Å²) in [6.07, 6.45) is 0.462. The summed E-state index contributed by atoms with van der Waals surface area (Å²) in [4.78, 5) is 32.9. The van der Waals surface area contributed by atoms with Gasteiger partial charge >= 0.3 is 5.97 Å². The topological polar surface area (TPSA) is 95.5 Å². The molecule has 156 valence electrons. The third kappa shape index (κ3) is 2.61. The molecule has 0 heterocycles. The van der Waals surface area contributed by atoms with Gasteiger partial charge in [-0.15, -0.1) is 23.2 Å². The number of allylic oxidation sites excluding steroid dienone is 2. The Bertz CT molecular complexity index is 854. The van der Waals surface area contributed by atoms with Gasteiger partial charge < -0.3 is 5.11 Å². The number of halogens is 8. The number of carbonyl (C=O) groups excluding carboxylic acids is 2. The van der Waals surface area contributed by atoms with E-state index in [4.69, 9.17) is 69.6 Å². The van der Waals surface area contributed by atoms with Gasteiger partial charge in [-0.25, -0.2) is 0 Å². The number of hydrazine groups is 1. The van der Waals surface area contributed by atoms with Gasteiger partial charge in [0.1, 0.15) is 9.75 Å². The SMILES string of the molecule is C[C@@]1(C(=O)NNC(=O)[C@H]2[C@@H](C(=O)O)[C@@]3(Cl)C(Cl)=C(Cl)[C@@]2(Cl)C3(Cl)Cl)CC1(Br)Br. The number of carboxylic acid groups (broad SMARTS) is 1. The van der Waals surface area contributed by atoms with Gasteiger partial charge in [0.15, 0.2) is 4.33 Å². The number of aliphatic carboxylic acids is 1. The molecule has 3 aliphatic rings. The minimum absolute atomic E-state index is 0.325. The van der Waals surface area contributed by atoms with E-state index < -0.39 is 52.3 Å². The predicted molar refractivity (Wildman–Crippen MR) is 115 cm³/mol. The second kappa shape index (κ2) is 6.67. The van der Waals surface area contributed by atoms with Crippen molar-refractivity contribution in [2.45, 2.75) is 30.7 Å². The maximum atomic E-state index is 12.9. The average Bonchev–Trinajstić information content (AvgIpc) is 3.03. The van der Waals surface area contributed by atoms with Gasteiger partial charge in [-0.3, -0.25) is 25.2 Å². The molecule has 6 nitrogen and oxygen atoms in total. The molecule has 3 N–H and O–H groups in total. The van der Waals surface area contributed by atoms with Gasteiger partial charge in [0.05, 0.1) is 30.5 Å². The molecule has 5 atom stereocenters. The second-order valence-electron chi connectivity index (χ2n) is 7.08. The fourth-order valence-corrected chi connectivity index (χ4v) is 8.02. The molecule has 0 aliphatic heterocycles. The number of fused-ring (bicyclic) bond motifs is 2. The van der Waals surface area contributed by atoms with Gasteiger partial charge in [-0.2, -0.15) is 0 Å². The number of rotatable bonds is 3. The summed E-state index contributed by atoms with van der Waals surface area (Å²) < 4.78 is -2.82. The Labute approximate surface area is 206 Å². The summed E-state index contributed by atoms with van der Waals surface area (Å²) in [7, 11) is 0. The Hall–Kier alpha value is 0.850. The summed E-state index contributed by atoms with van der Waals surface area (Å²) in [5.74, 6) is -6.34. The molecular weight excluding hydrogens is 633 g/mol. The van der Waals surface area contributed by atoms with Crippen LogP contribution in [0.25, 0.3) is 0 Å². The number of alkyl halides is 6. The fraction of sp³-hybridized carbons (Fsp3) is 0.643. The van der Waals surface area contributed by atoms with Gasteiger partial charge in [0.25, 0.3) is 0 Å². The Morgan fingerprint density at radius 2 is 1.43 bits per heavy atom. The molecule has 0 radical (unpaired) electrons. The zero-order valence-electron chi connectivity index (χ0n) is 13.6. The van der Waals surface area contributed by atoms with Crippen molar-refractivity contribution in [1.29, 1.82) is 0 Å². The molecule has 14 heteroatoms. The minimum atomic E-state index is -2.21. The van der Waals surface area contributed by atoms with Crippen LogP contribution in [0.5, 0.6) is 0 Å². The normalized spacial score (nSPS) is 42.3. The van der Waals surface area contributed by atoms with E-state index in [0.717, 1.165) is 0 Å². The van der Waals surface area contributed by atoms with Crippen molar-refractivity contribution in [1.82, 2.24) is 10.9 Å². The van der Waals surface area contributed by atoms with Gasteiger partial charge in [0, 0.05) is 0 Å². The molecule has 28 heavy (non-hydrogen) atoms. The lowest BCUT2D eigenvalue weighted by atomic mass is 9.81. The van der Waals surface area contributed by atoms with E-state index in [-0.39, 0.29) is 10.1 Å². The number of nitrogens with one attached hydrogen (secondary N) is 2. The fourth-order valence-electron chi connectivity index (χ4n) is 3.61. The summed E-state index contributed by atoms with van der Waals surface area (Å²) in [6, 6.07) is 0. The van der Waals surface area contributed by atoms with Gasteiger partial charge in [-0.05, 0) is 13.3 Å². The lowest BCUT2D eigenvalue weighted by molar-refractivity contribution is -0.147. The van der Waals surface area contributed by atoms with Crippen LogP contribution < -0.4 is 10.9 Å². The highest BCUT2D eigenvalue weighted by atomic mass is 79.9. The summed E-state index contributed by atoms with van der Waals surface area (Å²) in [5.41, 5.74) is 3.58. The molecule has 0 aromatic carbocycles. The van der Waals surface area contributed by atoms with E-state index in [1.807, 2.05) is 0 Å². The first kappa shape index (κ1) is 23.5. The predicted octanol–water partition coefficient (Wildman–Crippen LogP) is 4.19. The van der Waals surface area contributed by atoms with E-state index in [9.17, 15) is 19.5 Å². The first-order chi connectivity index (χ1) is 12.5. The zero-order valence-corrected chi connectivity index (χ0v) is 21.3. The molecule has 0 aromatic rings.